The number of thiazole rings is 1. The Morgan fingerprint density at radius 3 is 2.11 bits per heavy atom. The number of aromatic nitrogens is 1. The average molecular weight is 571 g/mol. The monoisotopic (exact) mass is 570 g/mol. The van der Waals surface area contributed by atoms with Crippen molar-refractivity contribution in [3.05, 3.63) is 95.5 Å². The second-order valence-corrected chi connectivity index (χ2v) is 12.8. The quantitative estimate of drug-likeness (QED) is 0.286. The van der Waals surface area contributed by atoms with E-state index in [-0.39, 0.29) is 14.9 Å². The summed E-state index contributed by atoms with van der Waals surface area (Å²) in [4.78, 5) is 17.0. The van der Waals surface area contributed by atoms with Crippen LogP contribution in [0, 0.1) is 6.92 Å². The van der Waals surface area contributed by atoms with Gasteiger partial charge in [-0.15, -0.1) is 11.3 Å². The normalized spacial score (nSPS) is 11.6. The summed E-state index contributed by atoms with van der Waals surface area (Å²) in [6.45, 7) is 3.37. The van der Waals surface area contributed by atoms with Crippen molar-refractivity contribution in [1.29, 1.82) is 0 Å². The fourth-order valence-electron chi connectivity index (χ4n) is 3.55. The fourth-order valence-corrected chi connectivity index (χ4v) is 6.76. The maximum Gasteiger partial charge on any atom is 0.264 e. The summed E-state index contributed by atoms with van der Waals surface area (Å²) in [6, 6.07) is 19.0. The third-order valence-corrected chi connectivity index (χ3v) is 9.59. The molecular formula is C26H26N4O5S3. The number of carbonyl (C=O) groups is 1. The van der Waals surface area contributed by atoms with Gasteiger partial charge in [0.1, 0.15) is 6.54 Å². The molecule has 1 aromatic heterocycles. The summed E-state index contributed by atoms with van der Waals surface area (Å²) in [7, 11) is -7.89. The molecule has 0 saturated heterocycles. The van der Waals surface area contributed by atoms with Gasteiger partial charge in [-0.3, -0.25) is 13.8 Å². The molecule has 2 N–H and O–H groups in total. The predicted molar refractivity (Wildman–Crippen MR) is 150 cm³/mol. The van der Waals surface area contributed by atoms with Crippen LogP contribution >= 0.6 is 11.3 Å². The highest BCUT2D eigenvalue weighted by molar-refractivity contribution is 7.93. The van der Waals surface area contributed by atoms with Crippen molar-refractivity contribution in [3.63, 3.8) is 0 Å². The number of rotatable bonds is 10. The van der Waals surface area contributed by atoms with Gasteiger partial charge in [-0.25, -0.2) is 21.8 Å². The first-order valence-corrected chi connectivity index (χ1v) is 15.4. The molecule has 0 atom stereocenters. The van der Waals surface area contributed by atoms with Crippen LogP contribution in [0.2, 0.25) is 0 Å². The van der Waals surface area contributed by atoms with E-state index in [1.54, 1.807) is 29.6 Å². The molecule has 3 aromatic carbocycles. The van der Waals surface area contributed by atoms with E-state index in [0.29, 0.717) is 11.4 Å². The zero-order valence-corrected chi connectivity index (χ0v) is 23.1. The van der Waals surface area contributed by atoms with Gasteiger partial charge in [-0.1, -0.05) is 36.8 Å². The molecule has 0 aliphatic heterocycles. The van der Waals surface area contributed by atoms with Gasteiger partial charge in [0.2, 0.25) is 5.91 Å². The Balaban J connectivity index is 1.54. The molecule has 4 rings (SSSR count). The summed E-state index contributed by atoms with van der Waals surface area (Å²) < 4.78 is 55.6. The lowest BCUT2D eigenvalue weighted by atomic mass is 10.1. The van der Waals surface area contributed by atoms with Crippen LogP contribution in [0.4, 0.5) is 16.5 Å². The number of anilines is 3. The van der Waals surface area contributed by atoms with Crippen molar-refractivity contribution in [1.82, 2.24) is 4.98 Å². The molecule has 38 heavy (non-hydrogen) atoms. The molecule has 1 heterocycles. The van der Waals surface area contributed by atoms with Crippen molar-refractivity contribution in [2.75, 3.05) is 20.9 Å². The van der Waals surface area contributed by atoms with Crippen molar-refractivity contribution in [3.8, 4) is 0 Å². The Morgan fingerprint density at radius 2 is 1.53 bits per heavy atom. The molecule has 0 fully saturated rings. The molecule has 9 nitrogen and oxygen atoms in total. The van der Waals surface area contributed by atoms with E-state index in [4.69, 9.17) is 0 Å². The standard InChI is InChI=1S/C26H26N4O5S3/c1-3-20-6-10-22(11-7-20)30(38(34,35)24-12-4-19(2)5-13-24)18-25(31)28-21-8-14-23(15-9-21)37(32,33)29-26-27-16-17-36-26/h4-17H,3,18H2,1-2H3,(H,27,29)(H,28,31). The Kier molecular flexibility index (Phi) is 8.14. The Bertz CT molecular complexity index is 1600. The third kappa shape index (κ3) is 6.39. The first-order chi connectivity index (χ1) is 18.1. The van der Waals surface area contributed by atoms with Gasteiger partial charge in [0, 0.05) is 17.3 Å². The molecule has 0 unspecified atom stereocenters. The molecule has 0 bridgehead atoms. The summed E-state index contributed by atoms with van der Waals surface area (Å²) in [5.41, 5.74) is 2.61. The lowest BCUT2D eigenvalue weighted by Gasteiger charge is -2.24. The SMILES string of the molecule is CCc1ccc(N(CC(=O)Nc2ccc(S(=O)(=O)Nc3nccs3)cc2)S(=O)(=O)c2ccc(C)cc2)cc1. The molecular weight excluding hydrogens is 545 g/mol. The highest BCUT2D eigenvalue weighted by atomic mass is 32.2. The Labute approximate surface area is 226 Å². The van der Waals surface area contributed by atoms with Crippen molar-refractivity contribution in [2.45, 2.75) is 30.1 Å². The summed E-state index contributed by atoms with van der Waals surface area (Å²) in [5.74, 6) is -0.586. The van der Waals surface area contributed by atoms with E-state index in [2.05, 4.69) is 15.0 Å². The van der Waals surface area contributed by atoms with Crippen molar-refractivity contribution < 1.29 is 21.6 Å². The van der Waals surface area contributed by atoms with Crippen LogP contribution in [0.1, 0.15) is 18.1 Å². The van der Waals surface area contributed by atoms with E-state index in [1.165, 1.54) is 42.6 Å². The number of carbonyl (C=O) groups excluding carboxylic acids is 1. The molecule has 4 aromatic rings. The predicted octanol–water partition coefficient (Wildman–Crippen LogP) is 4.65. The second kappa shape index (κ2) is 11.3. The highest BCUT2D eigenvalue weighted by Gasteiger charge is 2.27. The number of nitrogens with zero attached hydrogens (tertiary/aromatic N) is 2. The first kappa shape index (κ1) is 27.3. The molecule has 198 valence electrons. The molecule has 0 spiro atoms. The number of benzene rings is 3. The maximum atomic E-state index is 13.5. The van der Waals surface area contributed by atoms with Crippen molar-refractivity contribution >= 4 is 53.8 Å². The van der Waals surface area contributed by atoms with Crippen LogP contribution in [0.25, 0.3) is 0 Å². The topological polar surface area (TPSA) is 126 Å². The molecule has 1 amide bonds. The Morgan fingerprint density at radius 1 is 0.895 bits per heavy atom. The van der Waals surface area contributed by atoms with Gasteiger partial charge in [0.05, 0.1) is 15.5 Å². The minimum Gasteiger partial charge on any atom is -0.325 e. The van der Waals surface area contributed by atoms with Gasteiger partial charge >= 0.3 is 0 Å². The smallest absolute Gasteiger partial charge is 0.264 e. The van der Waals surface area contributed by atoms with Crippen LogP contribution in [-0.4, -0.2) is 34.3 Å². The fraction of sp³-hybridized carbons (Fsp3) is 0.154. The van der Waals surface area contributed by atoms with Crippen LogP contribution in [-0.2, 0) is 31.3 Å². The lowest BCUT2D eigenvalue weighted by molar-refractivity contribution is -0.114. The molecule has 12 heteroatoms. The number of hydrogen-bond donors (Lipinski definition) is 2. The Hall–Kier alpha value is -3.74. The number of amides is 1. The zero-order valence-electron chi connectivity index (χ0n) is 20.7. The maximum absolute atomic E-state index is 13.5. The van der Waals surface area contributed by atoms with Crippen molar-refractivity contribution in [2.24, 2.45) is 0 Å². The summed E-state index contributed by atoms with van der Waals surface area (Å²) >= 11 is 1.15. The minimum atomic E-state index is -4.05. The van der Waals surface area contributed by atoms with Crippen LogP contribution in [0.15, 0.2) is 94.2 Å². The first-order valence-electron chi connectivity index (χ1n) is 11.6. The molecule has 0 radical (unpaired) electrons. The number of hydrogen-bond acceptors (Lipinski definition) is 7. The van der Waals surface area contributed by atoms with E-state index in [9.17, 15) is 21.6 Å². The van der Waals surface area contributed by atoms with Crippen LogP contribution in [0.5, 0.6) is 0 Å². The van der Waals surface area contributed by atoms with Gasteiger partial charge in [-0.2, -0.15) is 0 Å². The van der Waals surface area contributed by atoms with Gasteiger partial charge in [0.25, 0.3) is 20.0 Å². The average Bonchev–Trinajstić information content (AvgIpc) is 3.40. The van der Waals surface area contributed by atoms with E-state index < -0.39 is 32.5 Å². The lowest BCUT2D eigenvalue weighted by Crippen LogP contribution is -2.38. The van der Waals surface area contributed by atoms with Gasteiger partial charge in [-0.05, 0) is 67.4 Å². The number of aryl methyl sites for hydroxylation is 2. The number of nitrogens with one attached hydrogen (secondary N) is 2. The largest absolute Gasteiger partial charge is 0.325 e. The number of sulfonamides is 2. The molecule has 0 aliphatic carbocycles. The molecule has 0 aliphatic rings. The minimum absolute atomic E-state index is 0.00899. The van der Waals surface area contributed by atoms with E-state index in [0.717, 1.165) is 33.2 Å². The summed E-state index contributed by atoms with van der Waals surface area (Å²) in [5, 5.41) is 4.54. The second-order valence-electron chi connectivity index (χ2n) is 8.36. The van der Waals surface area contributed by atoms with Gasteiger partial charge in [0.15, 0.2) is 5.13 Å². The zero-order chi connectivity index (χ0) is 27.3. The highest BCUT2D eigenvalue weighted by Crippen LogP contribution is 2.25. The molecule has 0 saturated carbocycles. The van der Waals surface area contributed by atoms with E-state index >= 15 is 0 Å². The van der Waals surface area contributed by atoms with E-state index in [1.807, 2.05) is 26.0 Å². The summed E-state index contributed by atoms with van der Waals surface area (Å²) in [6.07, 6.45) is 2.28. The third-order valence-electron chi connectivity index (χ3n) is 5.63. The van der Waals surface area contributed by atoms with Gasteiger partial charge < -0.3 is 5.32 Å². The van der Waals surface area contributed by atoms with Crippen LogP contribution < -0.4 is 14.3 Å². The van der Waals surface area contributed by atoms with Crippen LogP contribution in [0.3, 0.4) is 0 Å².